The third kappa shape index (κ3) is 6.22. The van der Waals surface area contributed by atoms with E-state index in [2.05, 4.69) is 5.16 Å². The van der Waals surface area contributed by atoms with Crippen LogP contribution in [0.25, 0.3) is 11.3 Å². The molecule has 4 rings (SSSR count). The number of methoxy groups -OCH3 is 1. The lowest BCUT2D eigenvalue weighted by molar-refractivity contribution is -0.147. The average Bonchev–Trinajstić information content (AvgIpc) is 3.27. The van der Waals surface area contributed by atoms with Crippen molar-refractivity contribution in [3.05, 3.63) is 107 Å². The molecule has 0 bridgehead atoms. The van der Waals surface area contributed by atoms with Crippen LogP contribution in [0.1, 0.15) is 45.8 Å². The summed E-state index contributed by atoms with van der Waals surface area (Å²) in [7, 11) is 1.34. The first-order chi connectivity index (χ1) is 17.9. The highest BCUT2D eigenvalue weighted by atomic mass is 19.1. The summed E-state index contributed by atoms with van der Waals surface area (Å²) in [5, 5.41) is 4.01. The number of esters is 2. The number of nitrogens with zero attached hydrogens (tertiary/aromatic N) is 1. The largest absolute Gasteiger partial charge is 0.489 e. The van der Waals surface area contributed by atoms with E-state index in [9.17, 15) is 14.0 Å². The predicted octanol–water partition coefficient (Wildman–Crippen LogP) is 6.00. The molecule has 0 radical (unpaired) electrons. The summed E-state index contributed by atoms with van der Waals surface area (Å²) >= 11 is 0. The molecule has 0 spiro atoms. The quantitative estimate of drug-likeness (QED) is 0.259. The van der Waals surface area contributed by atoms with Crippen molar-refractivity contribution in [3.8, 4) is 17.1 Å². The van der Waals surface area contributed by atoms with Crippen LogP contribution in [0.2, 0.25) is 0 Å². The fourth-order valence-electron chi connectivity index (χ4n) is 3.80. The van der Waals surface area contributed by atoms with Gasteiger partial charge in [-0.2, -0.15) is 0 Å². The van der Waals surface area contributed by atoms with E-state index < -0.39 is 23.9 Å². The second-order valence-corrected chi connectivity index (χ2v) is 8.41. The van der Waals surface area contributed by atoms with Crippen molar-refractivity contribution in [1.82, 2.24) is 5.16 Å². The van der Waals surface area contributed by atoms with Gasteiger partial charge in [0.05, 0.1) is 24.8 Å². The summed E-state index contributed by atoms with van der Waals surface area (Å²) in [6.45, 7) is 3.70. The number of benzene rings is 3. The summed E-state index contributed by atoms with van der Waals surface area (Å²) < 4.78 is 35.5. The van der Waals surface area contributed by atoms with Gasteiger partial charge < -0.3 is 18.7 Å². The number of rotatable bonds is 9. The number of carbonyl (C=O) groups is 2. The lowest BCUT2D eigenvalue weighted by atomic mass is 10.0. The van der Waals surface area contributed by atoms with E-state index in [4.69, 9.17) is 18.7 Å². The lowest BCUT2D eigenvalue weighted by Gasteiger charge is -2.14. The van der Waals surface area contributed by atoms with Crippen molar-refractivity contribution in [2.45, 2.75) is 33.0 Å². The van der Waals surface area contributed by atoms with Gasteiger partial charge >= 0.3 is 11.9 Å². The number of hydrogen-bond acceptors (Lipinski definition) is 7. The minimum absolute atomic E-state index is 0.0662. The van der Waals surface area contributed by atoms with Gasteiger partial charge in [0.2, 0.25) is 0 Å². The van der Waals surface area contributed by atoms with Crippen LogP contribution < -0.4 is 4.74 Å². The summed E-state index contributed by atoms with van der Waals surface area (Å²) in [6, 6.07) is 20.4. The van der Waals surface area contributed by atoms with Crippen LogP contribution >= 0.6 is 0 Å². The number of aromatic nitrogens is 1. The zero-order valence-electron chi connectivity index (χ0n) is 20.7. The molecule has 0 unspecified atom stereocenters. The molecule has 8 heteroatoms. The van der Waals surface area contributed by atoms with Gasteiger partial charge in [-0.05, 0) is 61.9 Å². The molecule has 1 atom stereocenters. The Morgan fingerprint density at radius 1 is 1.00 bits per heavy atom. The smallest absolute Gasteiger partial charge is 0.337 e. The van der Waals surface area contributed by atoms with E-state index in [1.54, 1.807) is 68.4 Å². The standard InChI is InChI=1S/C29H26FNO6/c1-18-25(16-27(32)36-19(2)24-6-4-5-7-26(24)30)28(37-31-18)21-12-14-23(15-13-21)35-17-20-8-10-22(11-9-20)29(33)34-3/h4-15,19H,16-17H2,1-3H3/t19-/m1/s1. The highest BCUT2D eigenvalue weighted by Gasteiger charge is 2.21. The van der Waals surface area contributed by atoms with Crippen LogP contribution in [-0.2, 0) is 27.3 Å². The molecule has 37 heavy (non-hydrogen) atoms. The zero-order valence-corrected chi connectivity index (χ0v) is 20.7. The minimum Gasteiger partial charge on any atom is -0.489 e. The van der Waals surface area contributed by atoms with Crippen LogP contribution in [0.15, 0.2) is 77.3 Å². The first-order valence-corrected chi connectivity index (χ1v) is 11.6. The van der Waals surface area contributed by atoms with Crippen molar-refractivity contribution in [3.63, 3.8) is 0 Å². The SMILES string of the molecule is COC(=O)c1ccc(COc2ccc(-c3onc(C)c3CC(=O)O[C@H](C)c3ccccc3F)cc2)cc1. The normalized spacial score (nSPS) is 11.6. The molecule has 7 nitrogen and oxygen atoms in total. The maximum Gasteiger partial charge on any atom is 0.337 e. The van der Waals surface area contributed by atoms with Gasteiger partial charge in [0.25, 0.3) is 0 Å². The van der Waals surface area contributed by atoms with E-state index in [0.717, 1.165) is 11.1 Å². The molecule has 0 aliphatic rings. The second kappa shape index (κ2) is 11.5. The van der Waals surface area contributed by atoms with E-state index in [1.165, 1.54) is 13.2 Å². The van der Waals surface area contributed by atoms with Gasteiger partial charge in [-0.15, -0.1) is 0 Å². The molecular weight excluding hydrogens is 477 g/mol. The van der Waals surface area contributed by atoms with Crippen molar-refractivity contribution < 1.29 is 32.7 Å². The van der Waals surface area contributed by atoms with Crippen molar-refractivity contribution in [2.24, 2.45) is 0 Å². The summed E-state index contributed by atoms with van der Waals surface area (Å²) in [5.41, 5.74) is 3.58. The average molecular weight is 504 g/mol. The highest BCUT2D eigenvalue weighted by Crippen LogP contribution is 2.29. The molecular formula is C29H26FNO6. The van der Waals surface area contributed by atoms with Gasteiger partial charge in [0.1, 0.15) is 24.3 Å². The summed E-state index contributed by atoms with van der Waals surface area (Å²) in [5.74, 6) is -0.237. The van der Waals surface area contributed by atoms with Gasteiger partial charge in [-0.25, -0.2) is 9.18 Å². The molecule has 0 aliphatic heterocycles. The predicted molar refractivity (Wildman–Crippen MR) is 133 cm³/mol. The third-order valence-electron chi connectivity index (χ3n) is 5.85. The van der Waals surface area contributed by atoms with Crippen LogP contribution in [0.3, 0.4) is 0 Å². The van der Waals surface area contributed by atoms with Crippen LogP contribution in [0.5, 0.6) is 5.75 Å². The Morgan fingerprint density at radius 2 is 1.70 bits per heavy atom. The fraction of sp³-hybridized carbons (Fsp3) is 0.207. The monoisotopic (exact) mass is 503 g/mol. The molecule has 0 saturated heterocycles. The number of carbonyl (C=O) groups excluding carboxylic acids is 2. The molecule has 1 heterocycles. The molecule has 0 amide bonds. The number of hydrogen-bond donors (Lipinski definition) is 0. The van der Waals surface area contributed by atoms with Crippen LogP contribution in [0, 0.1) is 12.7 Å². The van der Waals surface area contributed by atoms with E-state index in [0.29, 0.717) is 40.5 Å². The first-order valence-electron chi connectivity index (χ1n) is 11.6. The Hall–Kier alpha value is -4.46. The fourth-order valence-corrected chi connectivity index (χ4v) is 3.80. The Morgan fingerprint density at radius 3 is 2.38 bits per heavy atom. The molecule has 4 aromatic rings. The Labute approximate surface area is 213 Å². The van der Waals surface area contributed by atoms with Gasteiger partial charge in [0.15, 0.2) is 5.76 Å². The molecule has 190 valence electrons. The Balaban J connectivity index is 1.39. The maximum absolute atomic E-state index is 14.0. The third-order valence-corrected chi connectivity index (χ3v) is 5.85. The van der Waals surface area contributed by atoms with Crippen LogP contribution in [-0.4, -0.2) is 24.2 Å². The highest BCUT2D eigenvalue weighted by molar-refractivity contribution is 5.89. The van der Waals surface area contributed by atoms with Crippen molar-refractivity contribution in [1.29, 1.82) is 0 Å². The molecule has 0 N–H and O–H groups in total. The maximum atomic E-state index is 14.0. The topological polar surface area (TPSA) is 87.9 Å². The van der Waals surface area contributed by atoms with E-state index >= 15 is 0 Å². The van der Waals surface area contributed by atoms with Gasteiger partial charge in [-0.1, -0.05) is 35.5 Å². The Kier molecular flexibility index (Phi) is 7.98. The lowest BCUT2D eigenvalue weighted by Crippen LogP contribution is -2.13. The number of aryl methyl sites for hydroxylation is 1. The van der Waals surface area contributed by atoms with E-state index in [1.807, 2.05) is 12.1 Å². The van der Waals surface area contributed by atoms with Crippen LogP contribution in [0.4, 0.5) is 4.39 Å². The van der Waals surface area contributed by atoms with Crippen molar-refractivity contribution in [2.75, 3.05) is 7.11 Å². The number of halogens is 1. The first kappa shape index (κ1) is 25.6. The molecule has 1 aromatic heterocycles. The molecule has 0 aliphatic carbocycles. The van der Waals surface area contributed by atoms with Crippen molar-refractivity contribution >= 4 is 11.9 Å². The molecule has 3 aromatic carbocycles. The summed E-state index contributed by atoms with van der Waals surface area (Å²) in [4.78, 5) is 24.2. The molecule has 0 fully saturated rings. The minimum atomic E-state index is -0.731. The Bertz CT molecular complexity index is 1380. The van der Waals surface area contributed by atoms with Gasteiger partial charge in [0, 0.05) is 16.7 Å². The zero-order chi connectivity index (χ0) is 26.4. The second-order valence-electron chi connectivity index (χ2n) is 8.41. The molecule has 0 saturated carbocycles. The summed E-state index contributed by atoms with van der Waals surface area (Å²) in [6.07, 6.45) is -0.797. The van der Waals surface area contributed by atoms with E-state index in [-0.39, 0.29) is 6.42 Å². The number of ether oxygens (including phenoxy) is 3. The van der Waals surface area contributed by atoms with Gasteiger partial charge in [-0.3, -0.25) is 4.79 Å².